The first-order valence-corrected chi connectivity index (χ1v) is 7.14. The summed E-state index contributed by atoms with van der Waals surface area (Å²) >= 11 is 0. The van der Waals surface area contributed by atoms with Crippen molar-refractivity contribution in [3.63, 3.8) is 0 Å². The molecule has 2 unspecified atom stereocenters. The van der Waals surface area contributed by atoms with Crippen LogP contribution in [0.25, 0.3) is 0 Å². The van der Waals surface area contributed by atoms with Crippen molar-refractivity contribution < 1.29 is 14.3 Å². The van der Waals surface area contributed by atoms with Gasteiger partial charge in [-0.05, 0) is 39.0 Å². The highest BCUT2D eigenvalue weighted by atomic mass is 16.5. The third-order valence-corrected chi connectivity index (χ3v) is 4.12. The number of Topliss-reactive ketones (excluding diaryl/α,β-unsaturated/α-hetero) is 1. The summed E-state index contributed by atoms with van der Waals surface area (Å²) in [7, 11) is 0. The van der Waals surface area contributed by atoms with Gasteiger partial charge >= 0.3 is 0 Å². The average Bonchev–Trinajstić information content (AvgIpc) is 2.82. The van der Waals surface area contributed by atoms with Crippen molar-refractivity contribution in [3.05, 3.63) is 0 Å². The van der Waals surface area contributed by atoms with E-state index in [4.69, 9.17) is 4.74 Å². The third kappa shape index (κ3) is 2.91. The van der Waals surface area contributed by atoms with Crippen molar-refractivity contribution in [3.8, 4) is 0 Å². The lowest BCUT2D eigenvalue weighted by Gasteiger charge is -2.38. The van der Waals surface area contributed by atoms with Crippen LogP contribution in [-0.4, -0.2) is 42.4 Å². The van der Waals surface area contributed by atoms with Gasteiger partial charge in [0.1, 0.15) is 12.4 Å². The number of amides is 1. The summed E-state index contributed by atoms with van der Waals surface area (Å²) in [5.74, 6) is 0.508. The lowest BCUT2D eigenvalue weighted by molar-refractivity contribution is -0.142. The summed E-state index contributed by atoms with van der Waals surface area (Å²) in [6.07, 6.45) is 5.82. The summed E-state index contributed by atoms with van der Waals surface area (Å²) in [6.45, 7) is 3.41. The molecule has 0 bridgehead atoms. The lowest BCUT2D eigenvalue weighted by atomic mass is 9.88. The number of ether oxygens (including phenoxy) is 1. The molecule has 2 atom stereocenters. The van der Waals surface area contributed by atoms with Gasteiger partial charge in [0.15, 0.2) is 0 Å². The van der Waals surface area contributed by atoms with Crippen LogP contribution in [0.1, 0.15) is 45.4 Å². The Balaban J connectivity index is 2.01. The smallest absolute Gasteiger partial charge is 0.248 e. The van der Waals surface area contributed by atoms with Crippen molar-refractivity contribution >= 4 is 11.7 Å². The van der Waals surface area contributed by atoms with Gasteiger partial charge in [0.05, 0.1) is 0 Å². The minimum atomic E-state index is 0.0567. The molecule has 0 aromatic heterocycles. The molecule has 1 saturated heterocycles. The van der Waals surface area contributed by atoms with Gasteiger partial charge in [0.25, 0.3) is 0 Å². The van der Waals surface area contributed by atoms with Crippen molar-refractivity contribution in [1.82, 2.24) is 4.90 Å². The highest BCUT2D eigenvalue weighted by Gasteiger charge is 2.38. The van der Waals surface area contributed by atoms with Crippen molar-refractivity contribution in [2.75, 3.05) is 19.8 Å². The van der Waals surface area contributed by atoms with E-state index in [1.807, 2.05) is 11.8 Å². The van der Waals surface area contributed by atoms with Crippen molar-refractivity contribution in [2.45, 2.75) is 51.5 Å². The van der Waals surface area contributed by atoms with Crippen LogP contribution in [0.4, 0.5) is 0 Å². The Morgan fingerprint density at radius 1 is 1.33 bits per heavy atom. The van der Waals surface area contributed by atoms with Gasteiger partial charge in [-0.25, -0.2) is 0 Å². The average molecular weight is 253 g/mol. The van der Waals surface area contributed by atoms with E-state index < -0.39 is 0 Å². The van der Waals surface area contributed by atoms with Gasteiger partial charge in [0, 0.05) is 31.5 Å². The van der Waals surface area contributed by atoms with E-state index >= 15 is 0 Å². The number of piperidine rings is 1. The molecule has 1 aliphatic heterocycles. The monoisotopic (exact) mass is 253 g/mol. The molecule has 18 heavy (non-hydrogen) atoms. The highest BCUT2D eigenvalue weighted by molar-refractivity contribution is 5.85. The molecule has 2 aliphatic rings. The number of hydrogen-bond acceptors (Lipinski definition) is 3. The molecular formula is C14H23NO3. The van der Waals surface area contributed by atoms with Crippen LogP contribution in [0.5, 0.6) is 0 Å². The van der Waals surface area contributed by atoms with Crippen LogP contribution in [-0.2, 0) is 14.3 Å². The molecule has 0 spiro atoms. The first-order valence-electron chi connectivity index (χ1n) is 7.14. The Labute approximate surface area is 109 Å². The summed E-state index contributed by atoms with van der Waals surface area (Å²) in [6, 6.07) is 0.140. The van der Waals surface area contributed by atoms with Gasteiger partial charge < -0.3 is 9.64 Å². The zero-order chi connectivity index (χ0) is 13.0. The molecule has 2 rings (SSSR count). The van der Waals surface area contributed by atoms with Crippen molar-refractivity contribution in [2.24, 2.45) is 5.92 Å². The van der Waals surface area contributed by atoms with E-state index in [0.717, 1.165) is 38.6 Å². The van der Waals surface area contributed by atoms with E-state index in [0.29, 0.717) is 18.8 Å². The Bertz CT molecular complexity index is 316. The third-order valence-electron chi connectivity index (χ3n) is 4.12. The number of rotatable bonds is 4. The molecule has 1 amide bonds. The second-order valence-electron chi connectivity index (χ2n) is 5.25. The quantitative estimate of drug-likeness (QED) is 0.767. The van der Waals surface area contributed by atoms with Crippen LogP contribution >= 0.6 is 0 Å². The zero-order valence-electron chi connectivity index (χ0n) is 11.2. The molecule has 4 nitrogen and oxygen atoms in total. The number of carbonyl (C=O) groups excluding carboxylic acids is 2. The first kappa shape index (κ1) is 13.5. The zero-order valence-corrected chi connectivity index (χ0v) is 11.2. The standard InChI is InChI=1S/C14H23NO3/c1-2-18-10-14(17)15-9-4-3-7-12(15)11-6-5-8-13(11)16/h11-12H,2-10H2,1H3. The maximum absolute atomic E-state index is 12.1. The Kier molecular flexibility index (Phi) is 4.75. The van der Waals surface area contributed by atoms with Gasteiger partial charge in [0.2, 0.25) is 5.91 Å². The predicted octanol–water partition coefficient (Wildman–Crippen LogP) is 1.77. The number of likely N-dealkylation sites (tertiary alicyclic amines) is 1. The van der Waals surface area contributed by atoms with Crippen LogP contribution in [0.2, 0.25) is 0 Å². The number of ketones is 1. The van der Waals surface area contributed by atoms with E-state index in [1.165, 1.54) is 0 Å². The first-order chi connectivity index (χ1) is 8.74. The maximum Gasteiger partial charge on any atom is 0.248 e. The van der Waals surface area contributed by atoms with Crippen LogP contribution in [0.3, 0.4) is 0 Å². The minimum absolute atomic E-state index is 0.0567. The fourth-order valence-corrected chi connectivity index (χ4v) is 3.21. The van der Waals surface area contributed by atoms with Crippen molar-refractivity contribution in [1.29, 1.82) is 0 Å². The van der Waals surface area contributed by atoms with Gasteiger partial charge in [-0.3, -0.25) is 9.59 Å². The summed E-state index contributed by atoms with van der Waals surface area (Å²) < 4.78 is 5.21. The Morgan fingerprint density at radius 3 is 2.83 bits per heavy atom. The van der Waals surface area contributed by atoms with Crippen LogP contribution in [0, 0.1) is 5.92 Å². The van der Waals surface area contributed by atoms with Gasteiger partial charge in [-0.2, -0.15) is 0 Å². The molecule has 1 aliphatic carbocycles. The predicted molar refractivity (Wildman–Crippen MR) is 68.2 cm³/mol. The van der Waals surface area contributed by atoms with E-state index in [9.17, 15) is 9.59 Å². The summed E-state index contributed by atoms with van der Waals surface area (Å²) in [5.41, 5.74) is 0. The fourth-order valence-electron chi connectivity index (χ4n) is 3.21. The highest BCUT2D eigenvalue weighted by Crippen LogP contribution is 2.32. The Hall–Kier alpha value is -0.900. The summed E-state index contributed by atoms with van der Waals surface area (Å²) in [4.78, 5) is 25.9. The van der Waals surface area contributed by atoms with E-state index in [-0.39, 0.29) is 24.5 Å². The summed E-state index contributed by atoms with van der Waals surface area (Å²) in [5, 5.41) is 0. The Morgan fingerprint density at radius 2 is 2.17 bits per heavy atom. The van der Waals surface area contributed by atoms with E-state index in [1.54, 1.807) is 0 Å². The molecule has 1 heterocycles. The molecule has 2 fully saturated rings. The largest absolute Gasteiger partial charge is 0.372 e. The fraction of sp³-hybridized carbons (Fsp3) is 0.857. The SMILES string of the molecule is CCOCC(=O)N1CCCCC1C1CCCC1=O. The maximum atomic E-state index is 12.1. The number of hydrogen-bond donors (Lipinski definition) is 0. The van der Waals surface area contributed by atoms with Gasteiger partial charge in [-0.1, -0.05) is 0 Å². The lowest BCUT2D eigenvalue weighted by Crippen LogP contribution is -2.49. The van der Waals surface area contributed by atoms with Crippen LogP contribution < -0.4 is 0 Å². The molecule has 0 N–H and O–H groups in total. The molecular weight excluding hydrogens is 230 g/mol. The molecule has 4 heteroatoms. The molecule has 0 radical (unpaired) electrons. The molecule has 102 valence electrons. The van der Waals surface area contributed by atoms with Crippen LogP contribution in [0.15, 0.2) is 0 Å². The molecule has 1 saturated carbocycles. The number of nitrogens with zero attached hydrogens (tertiary/aromatic N) is 1. The minimum Gasteiger partial charge on any atom is -0.372 e. The molecule has 0 aromatic rings. The van der Waals surface area contributed by atoms with E-state index in [2.05, 4.69) is 0 Å². The topological polar surface area (TPSA) is 46.6 Å². The normalized spacial score (nSPS) is 28.7. The van der Waals surface area contributed by atoms with Gasteiger partial charge in [-0.15, -0.1) is 0 Å². The second-order valence-corrected chi connectivity index (χ2v) is 5.25. The second kappa shape index (κ2) is 6.32. The number of carbonyl (C=O) groups is 2. The molecule has 0 aromatic carbocycles.